The summed E-state index contributed by atoms with van der Waals surface area (Å²) >= 11 is 0. The Labute approximate surface area is 62.8 Å². The second-order valence-corrected chi connectivity index (χ2v) is 2.38. The number of hydrogen-bond acceptors (Lipinski definition) is 2. The molecule has 0 aromatic carbocycles. The fraction of sp³-hybridized carbons (Fsp3) is 0.750. The van der Waals surface area contributed by atoms with Gasteiger partial charge in [0.25, 0.3) is 0 Å². The van der Waals surface area contributed by atoms with E-state index in [0.29, 0.717) is 6.42 Å². The van der Waals surface area contributed by atoms with Crippen molar-refractivity contribution in [2.75, 3.05) is 27.2 Å². The Morgan fingerprint density at radius 1 is 1.20 bits per heavy atom. The highest BCUT2D eigenvalue weighted by Gasteiger charge is 1.83. The van der Waals surface area contributed by atoms with E-state index in [-0.39, 0.29) is 6.61 Å². The second-order valence-electron chi connectivity index (χ2n) is 2.38. The van der Waals surface area contributed by atoms with Gasteiger partial charge < -0.3 is 10.0 Å². The van der Waals surface area contributed by atoms with Crippen LogP contribution in [-0.4, -0.2) is 37.3 Å². The Morgan fingerprint density at radius 3 is 2.30 bits per heavy atom. The fourth-order valence-electron chi connectivity index (χ4n) is 0.512. The maximum Gasteiger partial charge on any atom is 0.0540 e. The van der Waals surface area contributed by atoms with Crippen LogP contribution in [0.4, 0.5) is 0 Å². The molecule has 0 rings (SSSR count). The van der Waals surface area contributed by atoms with E-state index in [0.717, 1.165) is 13.0 Å². The van der Waals surface area contributed by atoms with Crippen LogP contribution in [0.2, 0.25) is 0 Å². The summed E-state index contributed by atoms with van der Waals surface area (Å²) in [6.07, 6.45) is 1.50. The van der Waals surface area contributed by atoms with E-state index < -0.39 is 0 Å². The maximum absolute atomic E-state index is 8.36. The molecule has 10 heavy (non-hydrogen) atoms. The SMILES string of the molecule is CN(C)CCC#CCCO. The number of rotatable bonds is 3. The van der Waals surface area contributed by atoms with Gasteiger partial charge in [-0.25, -0.2) is 0 Å². The summed E-state index contributed by atoms with van der Waals surface area (Å²) in [5.74, 6) is 5.83. The molecule has 0 aliphatic carbocycles. The predicted molar refractivity (Wildman–Crippen MR) is 42.6 cm³/mol. The average Bonchev–Trinajstić information content (AvgIpc) is 1.87. The summed E-state index contributed by atoms with van der Waals surface area (Å²) < 4.78 is 0. The van der Waals surface area contributed by atoms with E-state index in [4.69, 9.17) is 5.11 Å². The molecule has 0 spiro atoms. The molecular formula is C8H15NO. The van der Waals surface area contributed by atoms with Crippen molar-refractivity contribution in [2.45, 2.75) is 12.8 Å². The lowest BCUT2D eigenvalue weighted by Crippen LogP contribution is -2.11. The van der Waals surface area contributed by atoms with Gasteiger partial charge in [0.1, 0.15) is 0 Å². The molecule has 1 N–H and O–H groups in total. The zero-order valence-corrected chi connectivity index (χ0v) is 6.72. The molecule has 0 unspecified atom stereocenters. The summed E-state index contributed by atoms with van der Waals surface area (Å²) in [5, 5.41) is 8.36. The van der Waals surface area contributed by atoms with Crippen molar-refractivity contribution in [3.8, 4) is 11.8 Å². The third-order valence-electron chi connectivity index (χ3n) is 1.05. The van der Waals surface area contributed by atoms with Crippen LogP contribution in [-0.2, 0) is 0 Å². The minimum atomic E-state index is 0.176. The first-order valence-corrected chi connectivity index (χ1v) is 3.48. The van der Waals surface area contributed by atoms with Crippen LogP contribution < -0.4 is 0 Å². The lowest BCUT2D eigenvalue weighted by atomic mass is 10.3. The van der Waals surface area contributed by atoms with Crippen molar-refractivity contribution in [2.24, 2.45) is 0 Å². The molecule has 0 aliphatic heterocycles. The van der Waals surface area contributed by atoms with Gasteiger partial charge in [0, 0.05) is 19.4 Å². The van der Waals surface area contributed by atoms with E-state index >= 15 is 0 Å². The molecular weight excluding hydrogens is 126 g/mol. The summed E-state index contributed by atoms with van der Waals surface area (Å²) in [7, 11) is 4.04. The van der Waals surface area contributed by atoms with Crippen LogP contribution in [0.3, 0.4) is 0 Å². The zero-order chi connectivity index (χ0) is 7.82. The van der Waals surface area contributed by atoms with Crippen molar-refractivity contribution in [1.29, 1.82) is 0 Å². The lowest BCUT2D eigenvalue weighted by Gasteiger charge is -2.03. The topological polar surface area (TPSA) is 23.5 Å². The minimum Gasteiger partial charge on any atom is -0.395 e. The van der Waals surface area contributed by atoms with Gasteiger partial charge in [-0.15, -0.1) is 11.8 Å². The van der Waals surface area contributed by atoms with E-state index in [1.165, 1.54) is 0 Å². The summed E-state index contributed by atoms with van der Waals surface area (Å²) in [6, 6.07) is 0. The quantitative estimate of drug-likeness (QED) is 0.572. The number of aliphatic hydroxyl groups is 1. The Kier molecular flexibility index (Phi) is 6.25. The molecule has 0 aromatic rings. The van der Waals surface area contributed by atoms with Gasteiger partial charge in [-0.1, -0.05) is 0 Å². The normalized spacial score (nSPS) is 9.20. The van der Waals surface area contributed by atoms with Gasteiger partial charge in [0.05, 0.1) is 6.61 Å². The molecule has 0 radical (unpaired) electrons. The van der Waals surface area contributed by atoms with Crippen LogP contribution in [0.25, 0.3) is 0 Å². The van der Waals surface area contributed by atoms with Crippen molar-refractivity contribution in [3.63, 3.8) is 0 Å². The van der Waals surface area contributed by atoms with E-state index in [2.05, 4.69) is 16.7 Å². The molecule has 0 saturated carbocycles. The summed E-state index contributed by atoms with van der Waals surface area (Å²) in [6.45, 7) is 1.17. The van der Waals surface area contributed by atoms with Gasteiger partial charge >= 0.3 is 0 Å². The summed E-state index contributed by atoms with van der Waals surface area (Å²) in [4.78, 5) is 2.09. The molecule has 0 bridgehead atoms. The standard InChI is InChI=1S/C8H15NO/c1-9(2)7-5-3-4-6-8-10/h10H,5-8H2,1-2H3. The third kappa shape index (κ3) is 7.48. The largest absolute Gasteiger partial charge is 0.395 e. The first-order chi connectivity index (χ1) is 4.77. The monoisotopic (exact) mass is 141 g/mol. The fourth-order valence-corrected chi connectivity index (χ4v) is 0.512. The van der Waals surface area contributed by atoms with Gasteiger partial charge in [0.2, 0.25) is 0 Å². The molecule has 58 valence electrons. The molecule has 0 atom stereocenters. The van der Waals surface area contributed by atoms with Crippen molar-refractivity contribution < 1.29 is 5.11 Å². The Balaban J connectivity index is 3.12. The van der Waals surface area contributed by atoms with Crippen LogP contribution in [0.1, 0.15) is 12.8 Å². The number of aliphatic hydroxyl groups excluding tert-OH is 1. The number of hydrogen-bond donors (Lipinski definition) is 1. The maximum atomic E-state index is 8.36. The Morgan fingerprint density at radius 2 is 1.80 bits per heavy atom. The van der Waals surface area contributed by atoms with Crippen LogP contribution in [0.15, 0.2) is 0 Å². The van der Waals surface area contributed by atoms with Crippen molar-refractivity contribution in [1.82, 2.24) is 4.90 Å². The Hall–Kier alpha value is -0.520. The highest BCUT2D eigenvalue weighted by molar-refractivity contribution is 4.98. The molecule has 0 saturated heterocycles. The molecule has 0 aliphatic rings. The van der Waals surface area contributed by atoms with Crippen LogP contribution >= 0.6 is 0 Å². The molecule has 2 heteroatoms. The van der Waals surface area contributed by atoms with Crippen LogP contribution in [0, 0.1) is 11.8 Å². The van der Waals surface area contributed by atoms with Crippen LogP contribution in [0.5, 0.6) is 0 Å². The van der Waals surface area contributed by atoms with E-state index in [1.54, 1.807) is 0 Å². The number of nitrogens with zero attached hydrogens (tertiary/aromatic N) is 1. The molecule has 0 amide bonds. The smallest absolute Gasteiger partial charge is 0.0540 e. The third-order valence-corrected chi connectivity index (χ3v) is 1.05. The first-order valence-electron chi connectivity index (χ1n) is 3.48. The van der Waals surface area contributed by atoms with Gasteiger partial charge in [0.15, 0.2) is 0 Å². The average molecular weight is 141 g/mol. The summed E-state index contributed by atoms with van der Waals surface area (Å²) in [5.41, 5.74) is 0. The predicted octanol–water partition coefficient (Wildman–Crippen LogP) is 0.324. The molecule has 2 nitrogen and oxygen atoms in total. The minimum absolute atomic E-state index is 0.176. The lowest BCUT2D eigenvalue weighted by molar-refractivity contribution is 0.305. The van der Waals surface area contributed by atoms with E-state index in [9.17, 15) is 0 Å². The highest BCUT2D eigenvalue weighted by Crippen LogP contribution is 1.80. The van der Waals surface area contributed by atoms with Crippen molar-refractivity contribution >= 4 is 0 Å². The highest BCUT2D eigenvalue weighted by atomic mass is 16.2. The molecule has 0 fully saturated rings. The van der Waals surface area contributed by atoms with Gasteiger partial charge in [-0.2, -0.15) is 0 Å². The Bertz CT molecular complexity index is 121. The molecule has 0 aromatic heterocycles. The van der Waals surface area contributed by atoms with Crippen molar-refractivity contribution in [3.05, 3.63) is 0 Å². The first kappa shape index (κ1) is 9.48. The van der Waals surface area contributed by atoms with Gasteiger partial charge in [-0.3, -0.25) is 0 Å². The zero-order valence-electron chi connectivity index (χ0n) is 6.72. The molecule has 0 heterocycles. The van der Waals surface area contributed by atoms with E-state index in [1.807, 2.05) is 14.1 Å². The van der Waals surface area contributed by atoms with Gasteiger partial charge in [-0.05, 0) is 14.1 Å². The second kappa shape index (κ2) is 6.60.